The predicted octanol–water partition coefficient (Wildman–Crippen LogP) is 10.6. The predicted molar refractivity (Wildman–Crippen MR) is 219 cm³/mol. The molecule has 0 aromatic heterocycles. The fourth-order valence-electron chi connectivity index (χ4n) is 7.53. The highest BCUT2D eigenvalue weighted by atomic mass is 16.6. The lowest BCUT2D eigenvalue weighted by atomic mass is 9.93. The van der Waals surface area contributed by atoms with Crippen molar-refractivity contribution in [2.45, 2.75) is 103 Å². The number of hydrogen-bond donors (Lipinski definition) is 0. The molecule has 8 heteroatoms. The van der Waals surface area contributed by atoms with E-state index in [2.05, 4.69) is 73.8 Å². The second-order valence-corrected chi connectivity index (χ2v) is 14.9. The Morgan fingerprint density at radius 2 is 0.857 bits per heavy atom. The Morgan fingerprint density at radius 3 is 1.20 bits per heavy atom. The minimum atomic E-state index is -0.369. The van der Waals surface area contributed by atoms with E-state index in [1.807, 2.05) is 24.3 Å². The van der Waals surface area contributed by atoms with Gasteiger partial charge in [-0.15, -0.1) is 0 Å². The van der Waals surface area contributed by atoms with Crippen LogP contribution in [-0.4, -0.2) is 50.6 Å². The van der Waals surface area contributed by atoms with E-state index >= 15 is 0 Å². The second kappa shape index (κ2) is 19.1. The summed E-state index contributed by atoms with van der Waals surface area (Å²) in [5, 5.41) is 0. The Hall–Kier alpha value is -5.18. The topological polar surface area (TPSA) is 89.5 Å². The molecule has 0 amide bonds. The molecule has 6 rings (SSSR count). The van der Waals surface area contributed by atoms with Crippen molar-refractivity contribution >= 4 is 11.9 Å². The maximum absolute atomic E-state index is 12.3. The van der Waals surface area contributed by atoms with Crippen LogP contribution in [0.5, 0.6) is 11.5 Å². The lowest BCUT2D eigenvalue weighted by molar-refractivity contribution is -0.158. The smallest absolute Gasteiger partial charge is 0.333 e. The highest BCUT2D eigenvalue weighted by molar-refractivity contribution is 5.87. The Morgan fingerprint density at radius 1 is 0.518 bits per heavy atom. The van der Waals surface area contributed by atoms with Crippen LogP contribution in [0, 0.1) is 0 Å². The van der Waals surface area contributed by atoms with Gasteiger partial charge in [0.1, 0.15) is 23.7 Å². The molecule has 0 N–H and O–H groups in total. The molecule has 294 valence electrons. The van der Waals surface area contributed by atoms with E-state index in [4.69, 9.17) is 28.4 Å². The summed E-state index contributed by atoms with van der Waals surface area (Å²) in [5.41, 5.74) is 9.24. The maximum Gasteiger partial charge on any atom is 0.333 e. The van der Waals surface area contributed by atoms with Crippen LogP contribution in [0.4, 0.5) is 0 Å². The van der Waals surface area contributed by atoms with Gasteiger partial charge in [-0.3, -0.25) is 0 Å². The fourth-order valence-corrected chi connectivity index (χ4v) is 7.53. The van der Waals surface area contributed by atoms with Crippen molar-refractivity contribution in [3.8, 4) is 44.9 Å². The van der Waals surface area contributed by atoms with Crippen LogP contribution in [-0.2, 0) is 41.8 Å². The molecule has 2 aliphatic carbocycles. The van der Waals surface area contributed by atoms with Gasteiger partial charge in [0.15, 0.2) is 0 Å². The minimum Gasteiger partial charge on any atom is -0.497 e. The molecule has 8 nitrogen and oxygen atoms in total. The number of carbonyl (C=O) groups excluding carboxylic acids is 2. The fraction of sp³-hybridized carbons (Fsp3) is 0.375. The van der Waals surface area contributed by atoms with Gasteiger partial charge in [0.05, 0.1) is 39.6 Å². The molecule has 2 saturated carbocycles. The third-order valence-corrected chi connectivity index (χ3v) is 10.8. The van der Waals surface area contributed by atoms with Crippen LogP contribution in [0.25, 0.3) is 33.4 Å². The molecule has 0 spiro atoms. The van der Waals surface area contributed by atoms with Crippen LogP contribution in [0.15, 0.2) is 109 Å². The molecule has 0 bridgehead atoms. The lowest BCUT2D eigenvalue weighted by Crippen LogP contribution is -2.36. The van der Waals surface area contributed by atoms with Crippen molar-refractivity contribution in [2.24, 2.45) is 0 Å². The standard InChI is InChI=1S/C48H54O8/c1-31(2)47(49)55-45-13-9-7-11-43(45)53-29-37-27-39(51-5)23-25-41(37)35-19-15-33(16-20-35)34-17-21-36(22-18-34)42-26-24-40(52-6)28-38(42)30-54-44-12-8-10-14-46(44)56-48(50)32(3)4/h15-28,43-46H,1,3,7-14,29-30H2,2,4-6H3. The molecule has 0 aliphatic heterocycles. The first-order valence-corrected chi connectivity index (χ1v) is 19.6. The minimum absolute atomic E-state index is 0.180. The summed E-state index contributed by atoms with van der Waals surface area (Å²) in [4.78, 5) is 24.6. The van der Waals surface area contributed by atoms with Gasteiger partial charge in [0.2, 0.25) is 0 Å². The SMILES string of the molecule is C=C(C)C(=O)OC1CCCCC1OCc1cc(OC)ccc1-c1ccc(-c2ccc(-c3ccc(OC)cc3COC3CCCCC3OC(=O)C(=C)C)cc2)cc1. The number of rotatable bonds is 15. The molecule has 0 radical (unpaired) electrons. The molecule has 4 unspecified atom stereocenters. The summed E-state index contributed by atoms with van der Waals surface area (Å²) >= 11 is 0. The van der Waals surface area contributed by atoms with E-state index in [-0.39, 0.29) is 36.4 Å². The number of methoxy groups -OCH3 is 2. The van der Waals surface area contributed by atoms with Gasteiger partial charge >= 0.3 is 11.9 Å². The molecule has 56 heavy (non-hydrogen) atoms. The Bertz CT molecular complexity index is 1850. The molecule has 4 aromatic carbocycles. The molecule has 0 saturated heterocycles. The van der Waals surface area contributed by atoms with Crippen molar-refractivity contribution in [3.05, 3.63) is 120 Å². The van der Waals surface area contributed by atoms with E-state index in [0.29, 0.717) is 24.4 Å². The summed E-state index contributed by atoms with van der Waals surface area (Å²) in [6.07, 6.45) is 6.38. The molecular weight excluding hydrogens is 705 g/mol. The first-order valence-electron chi connectivity index (χ1n) is 19.6. The number of carbonyl (C=O) groups is 2. The maximum atomic E-state index is 12.3. The van der Waals surface area contributed by atoms with E-state index in [1.54, 1.807) is 28.1 Å². The zero-order valence-corrected chi connectivity index (χ0v) is 33.1. The summed E-state index contributed by atoms with van der Waals surface area (Å²) < 4.78 is 35.6. The summed E-state index contributed by atoms with van der Waals surface area (Å²) in [5.74, 6) is 0.776. The van der Waals surface area contributed by atoms with Crippen LogP contribution in [0.1, 0.15) is 76.3 Å². The Labute approximate surface area is 331 Å². The Balaban J connectivity index is 1.16. The van der Waals surface area contributed by atoms with Crippen molar-refractivity contribution in [1.29, 1.82) is 0 Å². The Kier molecular flexibility index (Phi) is 13.8. The van der Waals surface area contributed by atoms with Gasteiger partial charge in [-0.2, -0.15) is 0 Å². The van der Waals surface area contributed by atoms with Gasteiger partial charge in [0, 0.05) is 11.1 Å². The zero-order chi connectivity index (χ0) is 39.6. The van der Waals surface area contributed by atoms with Crippen molar-refractivity contribution in [3.63, 3.8) is 0 Å². The number of ether oxygens (including phenoxy) is 6. The third kappa shape index (κ3) is 10.2. The van der Waals surface area contributed by atoms with Gasteiger partial charge in [-0.05, 0) is 121 Å². The second-order valence-electron chi connectivity index (χ2n) is 14.9. The van der Waals surface area contributed by atoms with E-state index in [0.717, 1.165) is 107 Å². The van der Waals surface area contributed by atoms with E-state index in [9.17, 15) is 9.59 Å². The average Bonchev–Trinajstić information content (AvgIpc) is 3.22. The first-order chi connectivity index (χ1) is 27.1. The molecule has 0 heterocycles. The summed E-state index contributed by atoms with van der Waals surface area (Å²) in [6.45, 7) is 11.5. The van der Waals surface area contributed by atoms with Crippen LogP contribution >= 0.6 is 0 Å². The van der Waals surface area contributed by atoms with Gasteiger partial charge in [-0.1, -0.05) is 86.7 Å². The van der Waals surface area contributed by atoms with Gasteiger partial charge in [-0.25, -0.2) is 9.59 Å². The molecule has 4 atom stereocenters. The quantitative estimate of drug-likeness (QED) is 0.0874. The molecule has 4 aromatic rings. The van der Waals surface area contributed by atoms with E-state index < -0.39 is 0 Å². The monoisotopic (exact) mass is 758 g/mol. The van der Waals surface area contributed by atoms with E-state index in [1.165, 1.54) is 0 Å². The largest absolute Gasteiger partial charge is 0.497 e. The van der Waals surface area contributed by atoms with Crippen LogP contribution in [0.2, 0.25) is 0 Å². The summed E-state index contributed by atoms with van der Waals surface area (Å²) in [6, 6.07) is 29.2. The molecule has 2 fully saturated rings. The highest BCUT2D eigenvalue weighted by Gasteiger charge is 2.31. The summed E-state index contributed by atoms with van der Waals surface area (Å²) in [7, 11) is 3.32. The third-order valence-electron chi connectivity index (χ3n) is 10.8. The first kappa shape index (κ1) is 40.5. The highest BCUT2D eigenvalue weighted by Crippen LogP contribution is 2.35. The van der Waals surface area contributed by atoms with Gasteiger partial charge in [0.25, 0.3) is 0 Å². The number of esters is 2. The van der Waals surface area contributed by atoms with Crippen LogP contribution in [0.3, 0.4) is 0 Å². The van der Waals surface area contributed by atoms with Gasteiger partial charge < -0.3 is 28.4 Å². The normalized spacial score (nSPS) is 19.4. The molecular formula is C48H54O8. The average molecular weight is 759 g/mol. The lowest BCUT2D eigenvalue weighted by Gasteiger charge is -2.31. The van der Waals surface area contributed by atoms with Crippen LogP contribution < -0.4 is 9.47 Å². The number of benzene rings is 4. The van der Waals surface area contributed by atoms with Crippen molar-refractivity contribution in [1.82, 2.24) is 0 Å². The molecule has 2 aliphatic rings. The number of hydrogen-bond acceptors (Lipinski definition) is 8. The zero-order valence-electron chi connectivity index (χ0n) is 33.1. The van der Waals surface area contributed by atoms with Crippen molar-refractivity contribution < 1.29 is 38.0 Å². The van der Waals surface area contributed by atoms with Crippen molar-refractivity contribution in [2.75, 3.05) is 14.2 Å².